The summed E-state index contributed by atoms with van der Waals surface area (Å²) in [6, 6.07) is 5.08. The zero-order valence-electron chi connectivity index (χ0n) is 18.8. The van der Waals surface area contributed by atoms with Crippen LogP contribution in [0.2, 0.25) is 5.02 Å². The smallest absolute Gasteiger partial charge is 0.236 e. The summed E-state index contributed by atoms with van der Waals surface area (Å²) in [6.45, 7) is 2.25. The molecule has 3 heterocycles. The second-order valence-corrected chi connectivity index (χ2v) is 9.25. The molecule has 34 heavy (non-hydrogen) atoms. The van der Waals surface area contributed by atoms with E-state index in [0.717, 1.165) is 38.8 Å². The molecule has 178 valence electrons. The first-order valence-corrected chi connectivity index (χ1v) is 11.8. The maximum Gasteiger partial charge on any atom is 0.236 e. The highest BCUT2D eigenvalue weighted by molar-refractivity contribution is 6.31. The van der Waals surface area contributed by atoms with Crippen LogP contribution in [0.25, 0.3) is 11.0 Å². The highest BCUT2D eigenvalue weighted by atomic mass is 35.5. The Balaban J connectivity index is 1.25. The van der Waals surface area contributed by atoms with Crippen LogP contribution < -0.4 is 10.6 Å². The van der Waals surface area contributed by atoms with Gasteiger partial charge in [-0.1, -0.05) is 11.6 Å². The van der Waals surface area contributed by atoms with Crippen LogP contribution >= 0.6 is 11.6 Å². The Labute approximate surface area is 201 Å². The minimum Gasteiger partial charge on any atom is -0.351 e. The summed E-state index contributed by atoms with van der Waals surface area (Å²) in [4.78, 5) is 33.8. The van der Waals surface area contributed by atoms with Crippen LogP contribution in [-0.4, -0.2) is 74.4 Å². The number of hydrogen-bond donors (Lipinski definition) is 2. The number of amides is 1. The monoisotopic (exact) mass is 484 g/mol. The van der Waals surface area contributed by atoms with E-state index in [4.69, 9.17) is 11.6 Å². The molecular weight excluding hydrogens is 459 g/mol. The van der Waals surface area contributed by atoms with Gasteiger partial charge >= 0.3 is 0 Å². The third kappa shape index (κ3) is 4.88. The van der Waals surface area contributed by atoms with E-state index in [9.17, 15) is 9.18 Å². The SMILES string of the molecule is CN1CCN(C2CCC(Nc3ncc4ncnc(Nc5ccc(F)c(Cl)c5)c4n3)CC2)CC1=O. The number of nitrogens with zero attached hydrogens (tertiary/aromatic N) is 6. The lowest BCUT2D eigenvalue weighted by Crippen LogP contribution is -2.53. The number of piperazine rings is 1. The molecular formula is C23H26ClFN8O. The van der Waals surface area contributed by atoms with Crippen LogP contribution in [0.15, 0.2) is 30.7 Å². The van der Waals surface area contributed by atoms with Crippen molar-refractivity contribution < 1.29 is 9.18 Å². The van der Waals surface area contributed by atoms with Gasteiger partial charge in [0.15, 0.2) is 5.82 Å². The summed E-state index contributed by atoms with van der Waals surface area (Å²) < 4.78 is 13.5. The number of benzene rings is 1. The molecule has 0 atom stereocenters. The van der Waals surface area contributed by atoms with Crippen molar-refractivity contribution in [2.45, 2.75) is 37.8 Å². The number of hydrogen-bond acceptors (Lipinski definition) is 8. The molecule has 1 saturated heterocycles. The number of halogens is 2. The van der Waals surface area contributed by atoms with Gasteiger partial charge in [-0.2, -0.15) is 0 Å². The molecule has 0 bridgehead atoms. The van der Waals surface area contributed by atoms with Gasteiger partial charge in [0.2, 0.25) is 11.9 Å². The van der Waals surface area contributed by atoms with Crippen LogP contribution in [0.5, 0.6) is 0 Å². The van der Waals surface area contributed by atoms with Gasteiger partial charge in [-0.3, -0.25) is 9.69 Å². The van der Waals surface area contributed by atoms with E-state index in [1.807, 2.05) is 7.05 Å². The third-order valence-corrected chi connectivity index (χ3v) is 6.88. The van der Waals surface area contributed by atoms with Crippen LogP contribution in [-0.2, 0) is 4.79 Å². The minimum atomic E-state index is -0.484. The van der Waals surface area contributed by atoms with Crippen molar-refractivity contribution in [3.63, 3.8) is 0 Å². The quantitative estimate of drug-likeness (QED) is 0.568. The van der Waals surface area contributed by atoms with Crippen LogP contribution in [0.1, 0.15) is 25.7 Å². The van der Waals surface area contributed by atoms with E-state index < -0.39 is 5.82 Å². The first-order valence-electron chi connectivity index (χ1n) is 11.4. The molecule has 1 aliphatic heterocycles. The maximum atomic E-state index is 13.5. The molecule has 11 heteroatoms. The Hall–Kier alpha value is -3.11. The van der Waals surface area contributed by atoms with Crippen molar-refractivity contribution in [3.8, 4) is 0 Å². The molecule has 0 spiro atoms. The van der Waals surface area contributed by atoms with Crippen molar-refractivity contribution in [1.29, 1.82) is 0 Å². The first kappa shape index (κ1) is 22.7. The topological polar surface area (TPSA) is 99.2 Å². The Morgan fingerprint density at radius 2 is 1.94 bits per heavy atom. The molecule has 2 aromatic heterocycles. The standard InChI is InChI=1S/C23H26ClFN8O/c1-32-8-9-33(12-20(32)34)16-5-2-14(3-6-16)30-23-26-11-19-21(31-23)22(28-13-27-19)29-15-4-7-18(25)17(24)10-15/h4,7,10-11,13-14,16H,2-3,5-6,8-9,12H2,1H3,(H,26,30,31)(H,27,28,29). The molecule has 1 aliphatic carbocycles. The molecule has 3 aromatic rings. The number of rotatable bonds is 5. The van der Waals surface area contributed by atoms with Gasteiger partial charge in [-0.05, 0) is 43.9 Å². The minimum absolute atomic E-state index is 0.0249. The lowest BCUT2D eigenvalue weighted by molar-refractivity contribution is -0.135. The zero-order valence-corrected chi connectivity index (χ0v) is 19.6. The van der Waals surface area contributed by atoms with E-state index in [1.54, 1.807) is 17.2 Å². The van der Waals surface area contributed by atoms with Gasteiger partial charge in [0.1, 0.15) is 23.2 Å². The lowest BCUT2D eigenvalue weighted by Gasteiger charge is -2.40. The van der Waals surface area contributed by atoms with Gasteiger partial charge in [0.25, 0.3) is 0 Å². The fourth-order valence-corrected chi connectivity index (χ4v) is 4.76. The van der Waals surface area contributed by atoms with Gasteiger partial charge in [-0.15, -0.1) is 0 Å². The number of aromatic nitrogens is 4. The average molecular weight is 485 g/mol. The van der Waals surface area contributed by atoms with E-state index in [1.165, 1.54) is 18.5 Å². The Morgan fingerprint density at radius 1 is 1.12 bits per heavy atom. The maximum absolute atomic E-state index is 13.5. The Kier molecular flexibility index (Phi) is 6.42. The van der Waals surface area contributed by atoms with E-state index >= 15 is 0 Å². The number of anilines is 3. The summed E-state index contributed by atoms with van der Waals surface area (Å²) in [5, 5.41) is 6.61. The molecule has 2 aliphatic rings. The Bertz CT molecular complexity index is 1200. The number of carbonyl (C=O) groups is 1. The summed E-state index contributed by atoms with van der Waals surface area (Å²) in [5.74, 6) is 0.718. The summed E-state index contributed by atoms with van der Waals surface area (Å²) in [5.41, 5.74) is 1.75. The molecule has 0 radical (unpaired) electrons. The molecule has 1 amide bonds. The number of likely N-dealkylation sites (N-methyl/N-ethyl adjacent to an activating group) is 1. The average Bonchev–Trinajstić information content (AvgIpc) is 2.84. The third-order valence-electron chi connectivity index (χ3n) is 6.59. The predicted molar refractivity (Wildman–Crippen MR) is 129 cm³/mol. The summed E-state index contributed by atoms with van der Waals surface area (Å²) in [6.07, 6.45) is 7.12. The second-order valence-electron chi connectivity index (χ2n) is 8.84. The Morgan fingerprint density at radius 3 is 2.71 bits per heavy atom. The number of nitrogens with one attached hydrogen (secondary N) is 2. The zero-order chi connectivity index (χ0) is 23.7. The molecule has 2 fully saturated rings. The van der Waals surface area contributed by atoms with Gasteiger partial charge < -0.3 is 15.5 Å². The second kappa shape index (κ2) is 9.63. The van der Waals surface area contributed by atoms with Gasteiger partial charge in [-0.25, -0.2) is 24.3 Å². The highest BCUT2D eigenvalue weighted by Gasteiger charge is 2.30. The fraction of sp³-hybridized carbons (Fsp3) is 0.435. The molecule has 2 N–H and O–H groups in total. The fourth-order valence-electron chi connectivity index (χ4n) is 4.58. The first-order chi connectivity index (χ1) is 16.5. The summed E-state index contributed by atoms with van der Waals surface area (Å²) >= 11 is 5.90. The van der Waals surface area contributed by atoms with E-state index in [2.05, 4.69) is 35.5 Å². The predicted octanol–water partition coefficient (Wildman–Crippen LogP) is 3.45. The van der Waals surface area contributed by atoms with Crippen molar-refractivity contribution in [1.82, 2.24) is 29.7 Å². The van der Waals surface area contributed by atoms with Gasteiger partial charge in [0.05, 0.1) is 17.8 Å². The van der Waals surface area contributed by atoms with Crippen LogP contribution in [0, 0.1) is 5.82 Å². The molecule has 1 saturated carbocycles. The van der Waals surface area contributed by atoms with Crippen molar-refractivity contribution >= 4 is 46.0 Å². The van der Waals surface area contributed by atoms with E-state index in [0.29, 0.717) is 41.1 Å². The van der Waals surface area contributed by atoms with E-state index in [-0.39, 0.29) is 17.0 Å². The highest BCUT2D eigenvalue weighted by Crippen LogP contribution is 2.28. The largest absolute Gasteiger partial charge is 0.351 e. The van der Waals surface area contributed by atoms with Crippen LogP contribution in [0.4, 0.5) is 21.8 Å². The molecule has 5 rings (SSSR count). The molecule has 1 aromatic carbocycles. The summed E-state index contributed by atoms with van der Waals surface area (Å²) in [7, 11) is 1.87. The van der Waals surface area contributed by atoms with Crippen molar-refractivity contribution in [2.75, 3.05) is 37.3 Å². The normalized spacial score (nSPS) is 21.6. The van der Waals surface area contributed by atoms with Crippen LogP contribution in [0.3, 0.4) is 0 Å². The van der Waals surface area contributed by atoms with Crippen molar-refractivity contribution in [2.24, 2.45) is 0 Å². The molecule has 0 unspecified atom stereocenters. The van der Waals surface area contributed by atoms with Crippen molar-refractivity contribution in [3.05, 3.63) is 41.6 Å². The van der Waals surface area contributed by atoms with Gasteiger partial charge in [0, 0.05) is 37.9 Å². The lowest BCUT2D eigenvalue weighted by atomic mass is 9.90. The number of carbonyl (C=O) groups excluding carboxylic acids is 1. The molecule has 9 nitrogen and oxygen atoms in total. The number of fused-ring (bicyclic) bond motifs is 1.